The van der Waals surface area contributed by atoms with Crippen molar-refractivity contribution >= 4 is 22.4 Å². The van der Waals surface area contributed by atoms with Crippen molar-refractivity contribution in [1.29, 1.82) is 0 Å². The van der Waals surface area contributed by atoms with Crippen LogP contribution in [0.4, 0.5) is 0 Å². The van der Waals surface area contributed by atoms with Crippen LogP contribution in [-0.4, -0.2) is 21.8 Å². The van der Waals surface area contributed by atoms with Crippen LogP contribution in [0.1, 0.15) is 28.7 Å². The van der Waals surface area contributed by atoms with Crippen molar-refractivity contribution in [2.24, 2.45) is 5.10 Å². The van der Waals surface area contributed by atoms with Gasteiger partial charge in [-0.3, -0.25) is 9.89 Å². The Labute approximate surface area is 128 Å². The van der Waals surface area contributed by atoms with E-state index >= 15 is 0 Å². The molecule has 5 heteroatoms. The Bertz CT molecular complexity index is 858. The minimum atomic E-state index is -0.330. The molecule has 2 aromatic carbocycles. The minimum Gasteiger partial charge on any atom is -0.282 e. The molecular weight excluding hydrogens is 276 g/mol. The van der Waals surface area contributed by atoms with Crippen LogP contribution in [0.3, 0.4) is 0 Å². The van der Waals surface area contributed by atoms with E-state index in [1.807, 2.05) is 44.2 Å². The van der Waals surface area contributed by atoms with Crippen LogP contribution in [0.15, 0.2) is 53.6 Å². The summed E-state index contributed by atoms with van der Waals surface area (Å²) in [4.78, 5) is 12.0. The number of nitrogens with one attached hydrogen (secondary N) is 2. The van der Waals surface area contributed by atoms with Gasteiger partial charge in [0, 0.05) is 11.3 Å². The number of benzene rings is 2. The number of carbonyl (C=O) groups excluding carboxylic acids is 1. The highest BCUT2D eigenvalue weighted by Gasteiger charge is 2.09. The quantitative estimate of drug-likeness (QED) is 0.575. The van der Waals surface area contributed by atoms with E-state index in [2.05, 4.69) is 32.9 Å². The number of hydrazone groups is 1. The van der Waals surface area contributed by atoms with Gasteiger partial charge in [0.2, 0.25) is 0 Å². The summed E-state index contributed by atoms with van der Waals surface area (Å²) in [6.07, 6.45) is 0. The lowest BCUT2D eigenvalue weighted by atomic mass is 10.0. The summed E-state index contributed by atoms with van der Waals surface area (Å²) in [5.74, 6) is -0.330. The van der Waals surface area contributed by atoms with E-state index in [0.29, 0.717) is 5.69 Å². The molecule has 3 rings (SSSR count). The first-order chi connectivity index (χ1) is 10.6. The molecule has 0 fully saturated rings. The number of H-pyrrole nitrogens is 1. The summed E-state index contributed by atoms with van der Waals surface area (Å²) in [5, 5.41) is 13.1. The number of nitrogens with zero attached hydrogens (tertiary/aromatic N) is 2. The van der Waals surface area contributed by atoms with Gasteiger partial charge in [-0.25, -0.2) is 5.43 Å². The molecule has 22 heavy (non-hydrogen) atoms. The van der Waals surface area contributed by atoms with Crippen LogP contribution >= 0.6 is 0 Å². The molecule has 0 spiro atoms. The van der Waals surface area contributed by atoms with Gasteiger partial charge in [-0.2, -0.15) is 10.2 Å². The van der Waals surface area contributed by atoms with Gasteiger partial charge < -0.3 is 0 Å². The summed E-state index contributed by atoms with van der Waals surface area (Å²) in [5.41, 5.74) is 5.45. The Kier molecular flexibility index (Phi) is 3.70. The van der Waals surface area contributed by atoms with Crippen LogP contribution < -0.4 is 5.43 Å². The predicted molar refractivity (Wildman–Crippen MR) is 86.9 cm³/mol. The molecular formula is C17H16N4O. The molecule has 0 aliphatic carbocycles. The fourth-order valence-corrected chi connectivity index (χ4v) is 2.33. The van der Waals surface area contributed by atoms with E-state index < -0.39 is 0 Å². The number of fused-ring (bicyclic) bond motifs is 1. The molecule has 1 amide bonds. The second-order valence-electron chi connectivity index (χ2n) is 5.10. The van der Waals surface area contributed by atoms with Crippen molar-refractivity contribution in [3.05, 3.63) is 65.5 Å². The third-order valence-corrected chi connectivity index (χ3v) is 3.44. The highest BCUT2D eigenvalue weighted by atomic mass is 16.2. The Balaban J connectivity index is 1.86. The number of aromatic nitrogens is 2. The molecule has 0 aliphatic rings. The lowest BCUT2D eigenvalue weighted by Crippen LogP contribution is -2.19. The van der Waals surface area contributed by atoms with Gasteiger partial charge in [0.05, 0.1) is 5.71 Å². The van der Waals surface area contributed by atoms with E-state index in [1.54, 1.807) is 6.07 Å². The Morgan fingerprint density at radius 1 is 1.18 bits per heavy atom. The van der Waals surface area contributed by atoms with E-state index in [1.165, 1.54) is 0 Å². The van der Waals surface area contributed by atoms with Crippen molar-refractivity contribution in [1.82, 2.24) is 15.6 Å². The zero-order valence-corrected chi connectivity index (χ0v) is 12.4. The SMILES string of the molecule is C/C(=N\NC(=O)c1cc(C)[nH]n1)c1cccc2ccccc12. The molecule has 0 saturated heterocycles. The van der Waals surface area contributed by atoms with Gasteiger partial charge in [0.1, 0.15) is 0 Å². The molecule has 0 unspecified atom stereocenters. The van der Waals surface area contributed by atoms with E-state index in [-0.39, 0.29) is 5.91 Å². The predicted octanol–water partition coefficient (Wildman–Crippen LogP) is 3.03. The molecule has 0 bridgehead atoms. The Morgan fingerprint density at radius 2 is 1.95 bits per heavy atom. The highest BCUT2D eigenvalue weighted by Crippen LogP contribution is 2.19. The number of amides is 1. The minimum absolute atomic E-state index is 0.326. The van der Waals surface area contributed by atoms with Crippen LogP contribution in [-0.2, 0) is 0 Å². The smallest absolute Gasteiger partial charge is 0.282 e. The third-order valence-electron chi connectivity index (χ3n) is 3.44. The standard InChI is InChI=1S/C17H16N4O/c1-11-10-16(20-18-11)17(22)21-19-12(2)14-9-5-7-13-6-3-4-8-15(13)14/h3-10H,1-2H3,(H,18,20)(H,21,22)/b19-12+. The fraction of sp³-hybridized carbons (Fsp3) is 0.118. The van der Waals surface area contributed by atoms with Gasteiger partial charge in [0.15, 0.2) is 5.69 Å². The monoisotopic (exact) mass is 292 g/mol. The van der Waals surface area contributed by atoms with E-state index in [9.17, 15) is 4.79 Å². The maximum Gasteiger partial charge on any atom is 0.291 e. The van der Waals surface area contributed by atoms with E-state index in [4.69, 9.17) is 0 Å². The van der Waals surface area contributed by atoms with Gasteiger partial charge in [-0.1, -0.05) is 42.5 Å². The average Bonchev–Trinajstić information content (AvgIpc) is 2.98. The summed E-state index contributed by atoms with van der Waals surface area (Å²) in [6, 6.07) is 15.8. The van der Waals surface area contributed by atoms with Crippen LogP contribution in [0.5, 0.6) is 0 Å². The number of aromatic amines is 1. The van der Waals surface area contributed by atoms with Gasteiger partial charge >= 0.3 is 0 Å². The molecule has 0 saturated carbocycles. The number of hydrogen-bond donors (Lipinski definition) is 2. The van der Waals surface area contributed by atoms with Crippen LogP contribution in [0.2, 0.25) is 0 Å². The number of rotatable bonds is 3. The number of carbonyl (C=O) groups is 1. The molecule has 1 heterocycles. The Morgan fingerprint density at radius 3 is 2.73 bits per heavy atom. The number of hydrogen-bond acceptors (Lipinski definition) is 3. The molecule has 1 aromatic heterocycles. The van der Waals surface area contributed by atoms with Crippen molar-refractivity contribution in [3.8, 4) is 0 Å². The molecule has 0 atom stereocenters. The molecule has 110 valence electrons. The molecule has 0 aliphatic heterocycles. The van der Waals surface area contributed by atoms with Gasteiger partial charge in [0.25, 0.3) is 5.91 Å². The first-order valence-corrected chi connectivity index (χ1v) is 7.00. The molecule has 0 radical (unpaired) electrons. The topological polar surface area (TPSA) is 70.1 Å². The van der Waals surface area contributed by atoms with Crippen molar-refractivity contribution in [2.75, 3.05) is 0 Å². The van der Waals surface area contributed by atoms with Crippen LogP contribution in [0, 0.1) is 6.92 Å². The zero-order chi connectivity index (χ0) is 15.5. The van der Waals surface area contributed by atoms with Gasteiger partial charge in [-0.15, -0.1) is 0 Å². The number of aryl methyl sites for hydroxylation is 1. The van der Waals surface area contributed by atoms with Crippen molar-refractivity contribution in [2.45, 2.75) is 13.8 Å². The maximum atomic E-state index is 12.0. The van der Waals surface area contributed by atoms with Crippen molar-refractivity contribution < 1.29 is 4.79 Å². The average molecular weight is 292 g/mol. The third kappa shape index (κ3) is 2.74. The molecule has 5 nitrogen and oxygen atoms in total. The molecule has 3 aromatic rings. The Hall–Kier alpha value is -2.95. The normalized spacial score (nSPS) is 11.6. The summed E-state index contributed by atoms with van der Waals surface area (Å²) in [6.45, 7) is 3.71. The van der Waals surface area contributed by atoms with E-state index in [0.717, 1.165) is 27.7 Å². The fourth-order valence-electron chi connectivity index (χ4n) is 2.33. The summed E-state index contributed by atoms with van der Waals surface area (Å²) < 4.78 is 0. The summed E-state index contributed by atoms with van der Waals surface area (Å²) in [7, 11) is 0. The zero-order valence-electron chi connectivity index (χ0n) is 12.4. The van der Waals surface area contributed by atoms with Crippen molar-refractivity contribution in [3.63, 3.8) is 0 Å². The second-order valence-corrected chi connectivity index (χ2v) is 5.10. The maximum absolute atomic E-state index is 12.0. The van der Waals surface area contributed by atoms with Crippen LogP contribution in [0.25, 0.3) is 10.8 Å². The highest BCUT2D eigenvalue weighted by molar-refractivity contribution is 6.10. The first-order valence-electron chi connectivity index (χ1n) is 7.00. The second kappa shape index (κ2) is 5.81. The lowest BCUT2D eigenvalue weighted by Gasteiger charge is -2.06. The largest absolute Gasteiger partial charge is 0.291 e. The first kappa shape index (κ1) is 14.0. The summed E-state index contributed by atoms with van der Waals surface area (Å²) >= 11 is 0. The van der Waals surface area contributed by atoms with Gasteiger partial charge in [-0.05, 0) is 30.7 Å². The lowest BCUT2D eigenvalue weighted by molar-refractivity contribution is 0.0950. The molecule has 2 N–H and O–H groups in total.